The van der Waals surface area contributed by atoms with Crippen molar-refractivity contribution in [1.29, 1.82) is 5.26 Å². The average Bonchev–Trinajstić information content (AvgIpc) is 2.48. The first-order chi connectivity index (χ1) is 9.92. The molecular weight excluding hydrogens is 258 g/mol. The van der Waals surface area contributed by atoms with Crippen molar-refractivity contribution in [1.82, 2.24) is 4.90 Å². The number of nitrogens with one attached hydrogen (secondary N) is 1. The molecule has 1 fully saturated rings. The highest BCUT2D eigenvalue weighted by molar-refractivity contribution is 5.47. The summed E-state index contributed by atoms with van der Waals surface area (Å²) in [4.78, 5) is 2.40. The molecule has 21 heavy (non-hydrogen) atoms. The first-order valence-electron chi connectivity index (χ1n) is 7.89. The fourth-order valence-corrected chi connectivity index (χ4v) is 2.96. The van der Waals surface area contributed by atoms with Gasteiger partial charge in [-0.2, -0.15) is 5.26 Å². The van der Waals surface area contributed by atoms with Crippen molar-refractivity contribution in [3.8, 4) is 6.07 Å². The summed E-state index contributed by atoms with van der Waals surface area (Å²) < 4.78 is 0. The first kappa shape index (κ1) is 15.9. The van der Waals surface area contributed by atoms with E-state index in [1.807, 2.05) is 13.8 Å². The molecule has 114 valence electrons. The van der Waals surface area contributed by atoms with Gasteiger partial charge in [0.1, 0.15) is 0 Å². The maximum Gasteiger partial charge on any atom is 0.0766 e. The lowest BCUT2D eigenvalue weighted by molar-refractivity contribution is 0.208. The third kappa shape index (κ3) is 3.98. The number of hydrogen-bond acceptors (Lipinski definition) is 3. The van der Waals surface area contributed by atoms with Gasteiger partial charge in [-0.1, -0.05) is 12.1 Å². The predicted molar refractivity (Wildman–Crippen MR) is 88.4 cm³/mol. The van der Waals surface area contributed by atoms with Crippen molar-refractivity contribution in [2.75, 3.05) is 25.5 Å². The van der Waals surface area contributed by atoms with Gasteiger partial charge in [0.15, 0.2) is 0 Å². The summed E-state index contributed by atoms with van der Waals surface area (Å²) >= 11 is 0. The minimum Gasteiger partial charge on any atom is -0.382 e. The van der Waals surface area contributed by atoms with Crippen LogP contribution in [0.4, 0.5) is 5.69 Å². The number of nitriles is 1. The van der Waals surface area contributed by atoms with E-state index in [2.05, 4.69) is 54.5 Å². The molecule has 1 unspecified atom stereocenters. The third-order valence-electron chi connectivity index (χ3n) is 4.75. The molecule has 1 aliphatic heterocycles. The molecule has 0 bridgehead atoms. The molecule has 3 heteroatoms. The Balaban J connectivity index is 1.96. The summed E-state index contributed by atoms with van der Waals surface area (Å²) in [6.07, 6.45) is 2.54. The minimum atomic E-state index is -0.419. The molecule has 3 nitrogen and oxygen atoms in total. The number of hydrogen-bond donors (Lipinski definition) is 1. The molecule has 1 atom stereocenters. The number of likely N-dealkylation sites (tertiary alicyclic amines) is 1. The van der Waals surface area contributed by atoms with Gasteiger partial charge < -0.3 is 10.2 Å². The Morgan fingerprint density at radius 2 is 1.81 bits per heavy atom. The Morgan fingerprint density at radius 3 is 2.33 bits per heavy atom. The second-order valence-electron chi connectivity index (χ2n) is 6.89. The molecule has 0 spiro atoms. The predicted octanol–water partition coefficient (Wildman–Crippen LogP) is 3.63. The van der Waals surface area contributed by atoms with Gasteiger partial charge in [0, 0.05) is 11.7 Å². The van der Waals surface area contributed by atoms with Crippen LogP contribution in [0.2, 0.25) is 0 Å². The number of piperidine rings is 1. The highest BCUT2D eigenvalue weighted by Gasteiger charge is 2.23. The lowest BCUT2D eigenvalue weighted by atomic mass is 9.86. The maximum atomic E-state index is 9.18. The zero-order chi connectivity index (χ0) is 15.5. The lowest BCUT2D eigenvalue weighted by Crippen LogP contribution is -2.37. The van der Waals surface area contributed by atoms with E-state index in [0.717, 1.165) is 17.2 Å². The Hall–Kier alpha value is -1.53. The zero-order valence-electron chi connectivity index (χ0n) is 13.7. The molecule has 1 N–H and O–H groups in total. The highest BCUT2D eigenvalue weighted by atomic mass is 15.1. The molecule has 2 rings (SSSR count). The standard InChI is InChI=1S/C18H27N3/c1-14(15-9-11-21(4)12-10-15)20-17-7-5-16(6-8-17)18(2,3)13-19/h5-8,14-15,20H,9-12H2,1-4H3. The van der Waals surface area contributed by atoms with E-state index in [0.29, 0.717) is 6.04 Å². The van der Waals surface area contributed by atoms with Gasteiger partial charge in [0.25, 0.3) is 0 Å². The van der Waals surface area contributed by atoms with Crippen LogP contribution >= 0.6 is 0 Å². The number of nitrogens with zero attached hydrogens (tertiary/aromatic N) is 2. The molecule has 1 heterocycles. The molecule has 0 saturated carbocycles. The van der Waals surface area contributed by atoms with Gasteiger partial charge in [-0.05, 0) is 77.4 Å². The largest absolute Gasteiger partial charge is 0.382 e. The number of benzene rings is 1. The van der Waals surface area contributed by atoms with E-state index in [1.54, 1.807) is 0 Å². The second kappa shape index (κ2) is 6.49. The fourth-order valence-electron chi connectivity index (χ4n) is 2.96. The number of rotatable bonds is 4. The Labute approximate surface area is 129 Å². The van der Waals surface area contributed by atoms with E-state index in [9.17, 15) is 5.26 Å². The van der Waals surface area contributed by atoms with Gasteiger partial charge in [0.05, 0.1) is 11.5 Å². The van der Waals surface area contributed by atoms with Crippen molar-refractivity contribution < 1.29 is 0 Å². The molecule has 0 aliphatic carbocycles. The summed E-state index contributed by atoms with van der Waals surface area (Å²) in [5, 5.41) is 12.8. The van der Waals surface area contributed by atoms with Crippen LogP contribution in [0.3, 0.4) is 0 Å². The molecule has 1 aromatic carbocycles. The van der Waals surface area contributed by atoms with Crippen LogP contribution in [-0.2, 0) is 5.41 Å². The molecule has 0 radical (unpaired) electrons. The molecule has 0 aromatic heterocycles. The van der Waals surface area contributed by atoms with Crippen LogP contribution in [-0.4, -0.2) is 31.1 Å². The van der Waals surface area contributed by atoms with E-state index in [4.69, 9.17) is 0 Å². The van der Waals surface area contributed by atoms with Gasteiger partial charge in [0.2, 0.25) is 0 Å². The van der Waals surface area contributed by atoms with Crippen LogP contribution in [0.15, 0.2) is 24.3 Å². The fraction of sp³-hybridized carbons (Fsp3) is 0.611. The van der Waals surface area contributed by atoms with Crippen molar-refractivity contribution >= 4 is 5.69 Å². The maximum absolute atomic E-state index is 9.18. The van der Waals surface area contributed by atoms with Gasteiger partial charge >= 0.3 is 0 Å². The summed E-state index contributed by atoms with van der Waals surface area (Å²) in [7, 11) is 2.20. The molecule has 1 saturated heterocycles. The van der Waals surface area contributed by atoms with Crippen LogP contribution in [0.5, 0.6) is 0 Å². The normalized spacial score (nSPS) is 19.0. The average molecular weight is 285 g/mol. The lowest BCUT2D eigenvalue weighted by Gasteiger charge is -2.33. The Bertz CT molecular complexity index is 490. The van der Waals surface area contributed by atoms with Crippen molar-refractivity contribution in [2.24, 2.45) is 5.92 Å². The van der Waals surface area contributed by atoms with Crippen molar-refractivity contribution in [3.05, 3.63) is 29.8 Å². The smallest absolute Gasteiger partial charge is 0.0766 e. The monoisotopic (exact) mass is 285 g/mol. The molecule has 1 aliphatic rings. The summed E-state index contributed by atoms with van der Waals surface area (Å²) in [5.41, 5.74) is 1.80. The summed E-state index contributed by atoms with van der Waals surface area (Å²) in [6, 6.07) is 11.2. The van der Waals surface area contributed by atoms with Gasteiger partial charge in [-0.15, -0.1) is 0 Å². The second-order valence-corrected chi connectivity index (χ2v) is 6.89. The topological polar surface area (TPSA) is 39.1 Å². The highest BCUT2D eigenvalue weighted by Crippen LogP contribution is 2.26. The van der Waals surface area contributed by atoms with Crippen LogP contribution in [0.25, 0.3) is 0 Å². The van der Waals surface area contributed by atoms with Gasteiger partial charge in [-0.25, -0.2) is 0 Å². The number of anilines is 1. The van der Waals surface area contributed by atoms with Crippen molar-refractivity contribution in [2.45, 2.75) is 45.1 Å². The SMILES string of the molecule is CC(Nc1ccc(C(C)(C)C#N)cc1)C1CCN(C)CC1. The first-order valence-corrected chi connectivity index (χ1v) is 7.89. The Morgan fingerprint density at radius 1 is 1.24 bits per heavy atom. The summed E-state index contributed by atoms with van der Waals surface area (Å²) in [5.74, 6) is 0.747. The van der Waals surface area contributed by atoms with E-state index < -0.39 is 5.41 Å². The van der Waals surface area contributed by atoms with Crippen LogP contribution in [0.1, 0.15) is 39.2 Å². The third-order valence-corrected chi connectivity index (χ3v) is 4.75. The molecule has 1 aromatic rings. The van der Waals surface area contributed by atoms with E-state index in [1.165, 1.54) is 25.9 Å². The van der Waals surface area contributed by atoms with Crippen LogP contribution in [0, 0.1) is 17.2 Å². The van der Waals surface area contributed by atoms with Crippen LogP contribution < -0.4 is 5.32 Å². The van der Waals surface area contributed by atoms with Gasteiger partial charge in [-0.3, -0.25) is 0 Å². The quantitative estimate of drug-likeness (QED) is 0.918. The van der Waals surface area contributed by atoms with E-state index in [-0.39, 0.29) is 0 Å². The minimum absolute atomic E-state index is 0.419. The summed E-state index contributed by atoms with van der Waals surface area (Å²) in [6.45, 7) is 8.59. The Kier molecular flexibility index (Phi) is 4.90. The van der Waals surface area contributed by atoms with Crippen molar-refractivity contribution in [3.63, 3.8) is 0 Å². The molecular formula is C18H27N3. The molecule has 0 amide bonds. The zero-order valence-corrected chi connectivity index (χ0v) is 13.7. The van der Waals surface area contributed by atoms with E-state index >= 15 is 0 Å².